The van der Waals surface area contributed by atoms with Gasteiger partial charge in [0.05, 0.1) is 0 Å². The molecule has 0 aliphatic carbocycles. The van der Waals surface area contributed by atoms with Crippen molar-refractivity contribution in [1.82, 2.24) is 25.5 Å². The lowest BCUT2D eigenvalue weighted by Crippen LogP contribution is -2.47. The van der Waals surface area contributed by atoms with Crippen LogP contribution in [0.4, 0.5) is 0 Å². The van der Waals surface area contributed by atoms with Gasteiger partial charge in [-0.2, -0.15) is 5.21 Å². The lowest BCUT2D eigenvalue weighted by molar-refractivity contribution is -0.153. The molecule has 8 heteroatoms. The second-order valence-corrected chi connectivity index (χ2v) is 8.13. The smallest absolute Gasteiger partial charge is 0.326 e. The van der Waals surface area contributed by atoms with Crippen LogP contribution in [-0.4, -0.2) is 48.5 Å². The fourth-order valence-corrected chi connectivity index (χ4v) is 3.83. The number of benzene rings is 2. The normalized spacial score (nSPS) is 12.0. The average Bonchev–Trinajstić information content (AvgIpc) is 3.31. The minimum atomic E-state index is -0.983. The molecule has 1 aromatic heterocycles. The van der Waals surface area contributed by atoms with Crippen molar-refractivity contribution >= 4 is 11.9 Å². The number of H-pyrrole nitrogens is 1. The van der Waals surface area contributed by atoms with Gasteiger partial charge in [-0.25, -0.2) is 4.79 Å². The number of hydrogen-bond donors (Lipinski definition) is 2. The second kappa shape index (κ2) is 10.7. The molecule has 1 heterocycles. The summed E-state index contributed by atoms with van der Waals surface area (Å²) in [7, 11) is 0. The summed E-state index contributed by atoms with van der Waals surface area (Å²) in [4.78, 5) is 26.5. The zero-order valence-electron chi connectivity index (χ0n) is 18.7. The molecule has 0 saturated carbocycles. The molecule has 2 N–H and O–H groups in total. The Bertz CT molecular complexity index is 1050. The largest absolute Gasteiger partial charge is 0.480 e. The van der Waals surface area contributed by atoms with Crippen LogP contribution < -0.4 is 0 Å². The van der Waals surface area contributed by atoms with Crippen LogP contribution in [0.1, 0.15) is 45.6 Å². The zero-order chi connectivity index (χ0) is 23.1. The number of aromatic amines is 1. The van der Waals surface area contributed by atoms with Crippen molar-refractivity contribution in [3.63, 3.8) is 0 Å². The number of nitrogens with one attached hydrogen (secondary N) is 1. The zero-order valence-corrected chi connectivity index (χ0v) is 18.7. The van der Waals surface area contributed by atoms with Gasteiger partial charge in [0.25, 0.3) is 0 Å². The monoisotopic (exact) mass is 435 g/mol. The van der Waals surface area contributed by atoms with Crippen molar-refractivity contribution in [3.05, 3.63) is 54.1 Å². The molecule has 2 aromatic carbocycles. The summed E-state index contributed by atoms with van der Waals surface area (Å²) in [5, 5.41) is 24.1. The van der Waals surface area contributed by atoms with E-state index in [1.54, 1.807) is 0 Å². The Kier molecular flexibility index (Phi) is 7.70. The topological polar surface area (TPSA) is 112 Å². The summed E-state index contributed by atoms with van der Waals surface area (Å²) in [6.07, 6.45) is 1.95. The molecule has 1 atom stereocenters. The Morgan fingerprint density at radius 3 is 2.47 bits per heavy atom. The molecule has 0 spiro atoms. The number of aliphatic carboxylic acids is 1. The molecule has 0 saturated heterocycles. The fourth-order valence-electron chi connectivity index (χ4n) is 3.83. The van der Waals surface area contributed by atoms with Crippen LogP contribution in [0.15, 0.2) is 48.5 Å². The maximum atomic E-state index is 13.0. The second-order valence-electron chi connectivity index (χ2n) is 8.13. The van der Waals surface area contributed by atoms with Gasteiger partial charge < -0.3 is 10.0 Å². The van der Waals surface area contributed by atoms with Crippen molar-refractivity contribution in [3.8, 4) is 22.5 Å². The van der Waals surface area contributed by atoms with E-state index in [1.165, 1.54) is 4.90 Å². The summed E-state index contributed by atoms with van der Waals surface area (Å²) < 4.78 is 0. The van der Waals surface area contributed by atoms with E-state index in [9.17, 15) is 14.7 Å². The first-order valence-electron chi connectivity index (χ1n) is 10.9. The molecule has 3 aromatic rings. The molecule has 1 amide bonds. The third-order valence-corrected chi connectivity index (χ3v) is 5.39. The molecule has 8 nitrogen and oxygen atoms in total. The Balaban J connectivity index is 1.95. The van der Waals surface area contributed by atoms with Crippen molar-refractivity contribution in [2.24, 2.45) is 5.92 Å². The maximum absolute atomic E-state index is 13.0. The molecular formula is C24H29N5O3. The summed E-state index contributed by atoms with van der Waals surface area (Å²) in [6, 6.07) is 14.7. The molecule has 168 valence electrons. The van der Waals surface area contributed by atoms with E-state index in [4.69, 9.17) is 0 Å². The number of carbonyl (C=O) groups excluding carboxylic acids is 1. The van der Waals surface area contributed by atoms with Gasteiger partial charge in [0.1, 0.15) is 6.04 Å². The Morgan fingerprint density at radius 1 is 1.09 bits per heavy atom. The average molecular weight is 436 g/mol. The number of hydrogen-bond acceptors (Lipinski definition) is 5. The quantitative estimate of drug-likeness (QED) is 0.494. The van der Waals surface area contributed by atoms with Crippen LogP contribution in [0.2, 0.25) is 0 Å². The number of rotatable bonds is 10. The van der Waals surface area contributed by atoms with E-state index >= 15 is 0 Å². The van der Waals surface area contributed by atoms with E-state index in [0.717, 1.165) is 35.1 Å². The summed E-state index contributed by atoms with van der Waals surface area (Å²) in [6.45, 7) is 5.91. The highest BCUT2D eigenvalue weighted by atomic mass is 16.4. The first-order valence-corrected chi connectivity index (χ1v) is 10.9. The molecule has 0 fully saturated rings. The molecular weight excluding hydrogens is 406 g/mol. The van der Waals surface area contributed by atoms with Gasteiger partial charge in [0, 0.05) is 18.5 Å². The van der Waals surface area contributed by atoms with Crippen molar-refractivity contribution in [2.75, 3.05) is 0 Å². The van der Waals surface area contributed by atoms with Crippen molar-refractivity contribution in [2.45, 2.75) is 52.6 Å². The highest BCUT2D eigenvalue weighted by molar-refractivity contribution is 5.84. The molecule has 3 rings (SSSR count). The standard InChI is InChI=1S/C24H29N5O3/c1-4-5-13-21(30)29(22(16(2)3)24(31)32)15-17-9-8-10-18(14-17)19-11-6-7-12-20(19)23-25-27-28-26-23/h6-12,14,16,22H,4-5,13,15H2,1-3H3,(H,31,32)(H,25,26,27,28)/t22-/m0/s1. The number of tetrazole rings is 1. The number of carbonyl (C=O) groups is 2. The van der Waals surface area contributed by atoms with Crippen LogP contribution in [0, 0.1) is 5.92 Å². The van der Waals surface area contributed by atoms with Crippen LogP contribution in [-0.2, 0) is 16.1 Å². The van der Waals surface area contributed by atoms with Gasteiger partial charge in [-0.05, 0) is 40.3 Å². The third kappa shape index (κ3) is 5.38. The van der Waals surface area contributed by atoms with Gasteiger partial charge in [-0.3, -0.25) is 4.79 Å². The number of carboxylic acids is 1. The molecule has 0 unspecified atom stereocenters. The van der Waals surface area contributed by atoms with Gasteiger partial charge in [0.15, 0.2) is 0 Å². The van der Waals surface area contributed by atoms with E-state index in [0.29, 0.717) is 12.2 Å². The number of aromatic nitrogens is 4. The Labute approximate surface area is 187 Å². The van der Waals surface area contributed by atoms with E-state index in [2.05, 4.69) is 20.6 Å². The molecule has 32 heavy (non-hydrogen) atoms. The van der Waals surface area contributed by atoms with E-state index < -0.39 is 12.0 Å². The predicted octanol–water partition coefficient (Wildman–Crippen LogP) is 4.16. The van der Waals surface area contributed by atoms with Crippen LogP contribution in [0.3, 0.4) is 0 Å². The van der Waals surface area contributed by atoms with Gasteiger partial charge in [0.2, 0.25) is 11.7 Å². The Hall–Kier alpha value is -3.55. The van der Waals surface area contributed by atoms with E-state index in [1.807, 2.05) is 69.3 Å². The van der Waals surface area contributed by atoms with E-state index in [-0.39, 0.29) is 18.4 Å². The van der Waals surface area contributed by atoms with Crippen molar-refractivity contribution < 1.29 is 14.7 Å². The molecule has 0 bridgehead atoms. The minimum Gasteiger partial charge on any atom is -0.480 e. The number of amides is 1. The Morgan fingerprint density at radius 2 is 1.84 bits per heavy atom. The van der Waals surface area contributed by atoms with Crippen LogP contribution in [0.25, 0.3) is 22.5 Å². The molecule has 0 aliphatic heterocycles. The number of nitrogens with zero attached hydrogens (tertiary/aromatic N) is 4. The number of unbranched alkanes of at least 4 members (excludes halogenated alkanes) is 1. The SMILES string of the molecule is CCCCC(=O)N(Cc1cccc(-c2ccccc2-c2nn[nH]n2)c1)[C@H](C(=O)O)C(C)C. The van der Waals surface area contributed by atoms with Gasteiger partial charge in [-0.15, -0.1) is 10.2 Å². The first-order chi connectivity index (χ1) is 15.4. The van der Waals surface area contributed by atoms with Gasteiger partial charge in [-0.1, -0.05) is 69.7 Å². The fraction of sp³-hybridized carbons (Fsp3) is 0.375. The minimum absolute atomic E-state index is 0.134. The third-order valence-electron chi connectivity index (χ3n) is 5.39. The van der Waals surface area contributed by atoms with Crippen molar-refractivity contribution in [1.29, 1.82) is 0 Å². The molecule has 0 radical (unpaired) electrons. The first kappa shape index (κ1) is 23.1. The highest BCUT2D eigenvalue weighted by Crippen LogP contribution is 2.30. The lowest BCUT2D eigenvalue weighted by Gasteiger charge is -2.32. The highest BCUT2D eigenvalue weighted by Gasteiger charge is 2.32. The van der Waals surface area contributed by atoms with Gasteiger partial charge >= 0.3 is 5.97 Å². The van der Waals surface area contributed by atoms with Crippen LogP contribution >= 0.6 is 0 Å². The lowest BCUT2D eigenvalue weighted by atomic mass is 9.96. The maximum Gasteiger partial charge on any atom is 0.326 e. The number of carboxylic acid groups (broad SMARTS) is 1. The summed E-state index contributed by atoms with van der Waals surface area (Å²) in [5.41, 5.74) is 3.56. The summed E-state index contributed by atoms with van der Waals surface area (Å²) >= 11 is 0. The molecule has 0 aliphatic rings. The van der Waals surface area contributed by atoms with Crippen LogP contribution in [0.5, 0.6) is 0 Å². The summed E-state index contributed by atoms with van der Waals surface area (Å²) in [5.74, 6) is -0.831. The predicted molar refractivity (Wildman–Crippen MR) is 121 cm³/mol.